The minimum absolute atomic E-state index is 0.784. The van der Waals surface area contributed by atoms with Gasteiger partial charge in [-0.2, -0.15) is 0 Å². The van der Waals surface area contributed by atoms with Crippen molar-refractivity contribution in [2.24, 2.45) is 5.92 Å². The molecule has 0 radical (unpaired) electrons. The van der Waals surface area contributed by atoms with Gasteiger partial charge < -0.3 is 0 Å². The first-order valence-corrected chi connectivity index (χ1v) is 8.79. The Labute approximate surface area is 130 Å². The van der Waals surface area contributed by atoms with E-state index in [9.17, 15) is 0 Å². The maximum absolute atomic E-state index is 2.62. The average molecular weight is 286 g/mol. The van der Waals surface area contributed by atoms with Crippen molar-refractivity contribution in [1.82, 2.24) is 9.80 Å². The Kier molecular flexibility index (Phi) is 5.32. The first-order valence-electron chi connectivity index (χ1n) is 8.79. The van der Waals surface area contributed by atoms with Crippen molar-refractivity contribution >= 4 is 0 Å². The molecule has 1 saturated carbocycles. The van der Waals surface area contributed by atoms with Crippen LogP contribution in [-0.4, -0.2) is 36.1 Å². The topological polar surface area (TPSA) is 6.48 Å². The lowest BCUT2D eigenvalue weighted by molar-refractivity contribution is 0.198. The van der Waals surface area contributed by atoms with Crippen molar-refractivity contribution in [2.45, 2.75) is 57.5 Å². The molecular formula is C19H30N2. The van der Waals surface area contributed by atoms with Gasteiger partial charge in [0, 0.05) is 19.1 Å². The molecule has 116 valence electrons. The van der Waals surface area contributed by atoms with Gasteiger partial charge in [-0.05, 0) is 31.4 Å². The first kappa shape index (κ1) is 15.1. The molecule has 0 bridgehead atoms. The van der Waals surface area contributed by atoms with Gasteiger partial charge in [0.1, 0.15) is 0 Å². The third kappa shape index (κ3) is 4.08. The van der Waals surface area contributed by atoms with E-state index < -0.39 is 0 Å². The number of rotatable bonds is 3. The van der Waals surface area contributed by atoms with Crippen LogP contribution < -0.4 is 0 Å². The lowest BCUT2D eigenvalue weighted by Gasteiger charge is -2.29. The van der Waals surface area contributed by atoms with E-state index in [1.807, 2.05) is 0 Å². The Balaban J connectivity index is 1.57. The molecule has 2 heteroatoms. The van der Waals surface area contributed by atoms with E-state index in [1.54, 1.807) is 0 Å². The molecule has 1 unspecified atom stereocenters. The standard InChI is InChI=1S/C19H30N2/c1-20-16-21(14-17-10-6-5-7-11-17)15-19(20)18-12-8-3-2-4-9-13-18/h5-7,10-11,18-19H,2-4,8-9,12-16H2,1H3. The summed E-state index contributed by atoms with van der Waals surface area (Å²) in [6, 6.07) is 11.7. The van der Waals surface area contributed by atoms with Crippen molar-refractivity contribution in [1.29, 1.82) is 0 Å². The first-order chi connectivity index (χ1) is 10.3. The van der Waals surface area contributed by atoms with Gasteiger partial charge in [-0.25, -0.2) is 0 Å². The second-order valence-electron chi connectivity index (χ2n) is 7.07. The smallest absolute Gasteiger partial charge is 0.0510 e. The van der Waals surface area contributed by atoms with Gasteiger partial charge in [-0.3, -0.25) is 9.80 Å². The monoisotopic (exact) mass is 286 g/mol. The summed E-state index contributed by atoms with van der Waals surface area (Å²) in [6.45, 7) is 3.50. The molecule has 1 atom stereocenters. The summed E-state index contributed by atoms with van der Waals surface area (Å²) in [6.07, 6.45) is 10.2. The van der Waals surface area contributed by atoms with Crippen LogP contribution in [0.15, 0.2) is 30.3 Å². The predicted molar refractivity (Wildman–Crippen MR) is 89.1 cm³/mol. The van der Waals surface area contributed by atoms with Crippen LogP contribution in [0.4, 0.5) is 0 Å². The molecule has 2 fully saturated rings. The summed E-state index contributed by atoms with van der Waals surface area (Å²) >= 11 is 0. The fourth-order valence-electron chi connectivity index (χ4n) is 4.22. The van der Waals surface area contributed by atoms with Gasteiger partial charge in [0.05, 0.1) is 6.67 Å². The number of nitrogens with zero attached hydrogens (tertiary/aromatic N) is 2. The molecule has 1 aliphatic carbocycles. The molecule has 0 N–H and O–H groups in total. The molecule has 0 spiro atoms. The zero-order chi connectivity index (χ0) is 14.5. The molecule has 21 heavy (non-hydrogen) atoms. The fraction of sp³-hybridized carbons (Fsp3) is 0.684. The molecule has 0 aromatic heterocycles. The lowest BCUT2D eigenvalue weighted by Crippen LogP contribution is -2.34. The van der Waals surface area contributed by atoms with Crippen LogP contribution in [0.2, 0.25) is 0 Å². The highest BCUT2D eigenvalue weighted by Gasteiger charge is 2.33. The van der Waals surface area contributed by atoms with Gasteiger partial charge in [-0.15, -0.1) is 0 Å². The van der Waals surface area contributed by atoms with E-state index in [4.69, 9.17) is 0 Å². The summed E-state index contributed by atoms with van der Waals surface area (Å²) in [7, 11) is 2.33. The molecule has 1 heterocycles. The third-order valence-electron chi connectivity index (χ3n) is 5.38. The largest absolute Gasteiger partial charge is 0.289 e. The van der Waals surface area contributed by atoms with E-state index in [1.165, 1.54) is 57.1 Å². The molecule has 3 rings (SSSR count). The molecule has 2 aliphatic rings. The quantitative estimate of drug-likeness (QED) is 0.824. The number of hydrogen-bond donors (Lipinski definition) is 0. The molecule has 2 nitrogen and oxygen atoms in total. The lowest BCUT2D eigenvalue weighted by atomic mass is 9.85. The van der Waals surface area contributed by atoms with E-state index >= 15 is 0 Å². The van der Waals surface area contributed by atoms with Crippen LogP contribution in [0, 0.1) is 5.92 Å². The Morgan fingerprint density at radius 3 is 2.33 bits per heavy atom. The predicted octanol–water partition coefficient (Wildman–Crippen LogP) is 4.12. The van der Waals surface area contributed by atoms with Crippen molar-refractivity contribution in [3.8, 4) is 0 Å². The summed E-state index contributed by atoms with van der Waals surface area (Å²) < 4.78 is 0. The van der Waals surface area contributed by atoms with Gasteiger partial charge in [0.2, 0.25) is 0 Å². The molecule has 1 aromatic carbocycles. The van der Waals surface area contributed by atoms with E-state index in [0.29, 0.717) is 0 Å². The minimum atomic E-state index is 0.784. The van der Waals surface area contributed by atoms with Crippen molar-refractivity contribution in [3.05, 3.63) is 35.9 Å². The van der Waals surface area contributed by atoms with Crippen LogP contribution in [0.5, 0.6) is 0 Å². The average Bonchev–Trinajstić information content (AvgIpc) is 2.80. The molecular weight excluding hydrogens is 256 g/mol. The molecule has 1 saturated heterocycles. The zero-order valence-corrected chi connectivity index (χ0v) is 13.5. The number of likely N-dealkylation sites (N-methyl/N-ethyl adjacent to an activating group) is 1. The minimum Gasteiger partial charge on any atom is -0.289 e. The highest BCUT2D eigenvalue weighted by atomic mass is 15.4. The zero-order valence-electron chi connectivity index (χ0n) is 13.5. The summed E-state index contributed by atoms with van der Waals surface area (Å²) in [4.78, 5) is 5.23. The SMILES string of the molecule is CN1CN(Cc2ccccc2)CC1C1CCCCCCC1. The summed E-state index contributed by atoms with van der Waals surface area (Å²) in [5.74, 6) is 0.927. The van der Waals surface area contributed by atoms with E-state index in [-0.39, 0.29) is 0 Å². The van der Waals surface area contributed by atoms with Crippen LogP contribution in [-0.2, 0) is 6.54 Å². The Morgan fingerprint density at radius 2 is 1.62 bits per heavy atom. The van der Waals surface area contributed by atoms with Gasteiger partial charge in [-0.1, -0.05) is 62.4 Å². The Morgan fingerprint density at radius 1 is 0.952 bits per heavy atom. The van der Waals surface area contributed by atoms with Crippen LogP contribution in [0.1, 0.15) is 50.5 Å². The van der Waals surface area contributed by atoms with Crippen LogP contribution >= 0.6 is 0 Å². The van der Waals surface area contributed by atoms with Gasteiger partial charge in [0.15, 0.2) is 0 Å². The van der Waals surface area contributed by atoms with Crippen LogP contribution in [0.3, 0.4) is 0 Å². The molecule has 1 aromatic rings. The maximum atomic E-state index is 2.62. The third-order valence-corrected chi connectivity index (χ3v) is 5.38. The van der Waals surface area contributed by atoms with Crippen molar-refractivity contribution in [2.75, 3.05) is 20.3 Å². The van der Waals surface area contributed by atoms with Gasteiger partial charge in [0.25, 0.3) is 0 Å². The second-order valence-corrected chi connectivity index (χ2v) is 7.07. The van der Waals surface area contributed by atoms with Crippen LogP contribution in [0.25, 0.3) is 0 Å². The number of benzene rings is 1. The normalized spacial score (nSPS) is 26.6. The Bertz CT molecular complexity index is 409. The fourth-order valence-corrected chi connectivity index (χ4v) is 4.22. The summed E-state index contributed by atoms with van der Waals surface area (Å²) in [5, 5.41) is 0. The second kappa shape index (κ2) is 7.42. The number of hydrogen-bond acceptors (Lipinski definition) is 2. The maximum Gasteiger partial charge on any atom is 0.0510 e. The molecule has 0 amide bonds. The highest BCUT2D eigenvalue weighted by Crippen LogP contribution is 2.30. The van der Waals surface area contributed by atoms with Gasteiger partial charge >= 0.3 is 0 Å². The van der Waals surface area contributed by atoms with E-state index in [2.05, 4.69) is 47.2 Å². The summed E-state index contributed by atoms with van der Waals surface area (Å²) in [5.41, 5.74) is 1.45. The highest BCUT2D eigenvalue weighted by molar-refractivity contribution is 5.14. The Hall–Kier alpha value is -0.860. The van der Waals surface area contributed by atoms with E-state index in [0.717, 1.165) is 25.2 Å². The van der Waals surface area contributed by atoms with Crippen molar-refractivity contribution in [3.63, 3.8) is 0 Å². The van der Waals surface area contributed by atoms with Crippen molar-refractivity contribution < 1.29 is 0 Å². The molecule has 1 aliphatic heterocycles.